The van der Waals surface area contributed by atoms with Crippen molar-refractivity contribution in [2.75, 3.05) is 6.61 Å². The third-order valence-corrected chi connectivity index (χ3v) is 4.18. The SMILES string of the molecule is CC1(C)OB(c2cc(F)c(OCC#N)cc2Cl)OC1(C)C. The molecule has 0 radical (unpaired) electrons. The molecule has 0 unspecified atom stereocenters. The Labute approximate surface area is 128 Å². The van der Waals surface area contributed by atoms with Crippen molar-refractivity contribution in [1.29, 1.82) is 5.26 Å². The van der Waals surface area contributed by atoms with E-state index in [9.17, 15) is 4.39 Å². The third-order valence-electron chi connectivity index (χ3n) is 3.85. The van der Waals surface area contributed by atoms with Crippen molar-refractivity contribution in [3.63, 3.8) is 0 Å². The average molecular weight is 312 g/mol. The second kappa shape index (κ2) is 5.49. The van der Waals surface area contributed by atoms with Crippen LogP contribution in [0.25, 0.3) is 0 Å². The molecule has 0 aromatic heterocycles. The van der Waals surface area contributed by atoms with Gasteiger partial charge in [0, 0.05) is 16.6 Å². The van der Waals surface area contributed by atoms with Crippen molar-refractivity contribution >= 4 is 24.2 Å². The fourth-order valence-corrected chi connectivity index (χ4v) is 2.16. The Morgan fingerprint density at radius 1 is 1.29 bits per heavy atom. The number of hydrogen-bond donors (Lipinski definition) is 0. The normalized spacial score (nSPS) is 19.4. The molecule has 4 nitrogen and oxygen atoms in total. The van der Waals surface area contributed by atoms with E-state index in [1.807, 2.05) is 27.7 Å². The molecule has 1 aromatic rings. The largest absolute Gasteiger partial charge is 0.496 e. The van der Waals surface area contributed by atoms with E-state index < -0.39 is 24.1 Å². The summed E-state index contributed by atoms with van der Waals surface area (Å²) in [7, 11) is -0.748. The summed E-state index contributed by atoms with van der Waals surface area (Å²) < 4.78 is 30.6. The zero-order valence-corrected chi connectivity index (χ0v) is 13.1. The van der Waals surface area contributed by atoms with Crippen LogP contribution in [0, 0.1) is 17.1 Å². The van der Waals surface area contributed by atoms with Gasteiger partial charge in [-0.05, 0) is 33.8 Å². The topological polar surface area (TPSA) is 51.5 Å². The highest BCUT2D eigenvalue weighted by molar-refractivity contribution is 6.65. The van der Waals surface area contributed by atoms with Crippen LogP contribution < -0.4 is 10.2 Å². The second-order valence-corrected chi connectivity index (χ2v) is 6.25. The second-order valence-electron chi connectivity index (χ2n) is 5.84. The summed E-state index contributed by atoms with van der Waals surface area (Å²) in [4.78, 5) is 0. The Bertz CT molecular complexity index is 585. The van der Waals surface area contributed by atoms with Gasteiger partial charge in [-0.3, -0.25) is 0 Å². The van der Waals surface area contributed by atoms with E-state index in [4.69, 9.17) is 30.9 Å². The minimum Gasteiger partial charge on any atom is -0.476 e. The minimum absolute atomic E-state index is 0.0678. The van der Waals surface area contributed by atoms with Crippen molar-refractivity contribution in [2.45, 2.75) is 38.9 Å². The number of nitrogens with zero attached hydrogens (tertiary/aromatic N) is 1. The van der Waals surface area contributed by atoms with Crippen LogP contribution in [-0.4, -0.2) is 24.9 Å². The van der Waals surface area contributed by atoms with Crippen molar-refractivity contribution in [1.82, 2.24) is 0 Å². The molecule has 0 spiro atoms. The molecular weight excluding hydrogens is 295 g/mol. The number of halogens is 2. The molecule has 2 rings (SSSR count). The van der Waals surface area contributed by atoms with Crippen molar-refractivity contribution in [2.24, 2.45) is 0 Å². The van der Waals surface area contributed by atoms with E-state index in [1.165, 1.54) is 12.1 Å². The molecule has 0 bridgehead atoms. The predicted octanol–water partition coefficient (Wildman–Crippen LogP) is 2.68. The van der Waals surface area contributed by atoms with Crippen LogP contribution in [0.1, 0.15) is 27.7 Å². The van der Waals surface area contributed by atoms with Crippen LogP contribution in [0.3, 0.4) is 0 Å². The van der Waals surface area contributed by atoms with Gasteiger partial charge in [-0.25, -0.2) is 4.39 Å². The molecule has 1 aliphatic heterocycles. The maximum atomic E-state index is 14.0. The minimum atomic E-state index is -0.748. The lowest BCUT2D eigenvalue weighted by atomic mass is 9.79. The lowest BCUT2D eigenvalue weighted by Crippen LogP contribution is -2.41. The summed E-state index contributed by atoms with van der Waals surface area (Å²) in [6.45, 7) is 7.37. The van der Waals surface area contributed by atoms with Gasteiger partial charge in [-0.2, -0.15) is 5.26 Å². The zero-order chi connectivity index (χ0) is 15.8. The number of hydrogen-bond acceptors (Lipinski definition) is 4. The first-order valence-electron chi connectivity index (χ1n) is 6.52. The molecule has 1 heterocycles. The van der Waals surface area contributed by atoms with Crippen LogP contribution in [0.5, 0.6) is 5.75 Å². The highest BCUT2D eigenvalue weighted by Crippen LogP contribution is 2.37. The first kappa shape index (κ1) is 16.1. The van der Waals surface area contributed by atoms with Gasteiger partial charge in [0.05, 0.1) is 11.2 Å². The molecular formula is C14H16BClFNO3. The molecule has 0 atom stereocenters. The molecule has 21 heavy (non-hydrogen) atoms. The predicted molar refractivity (Wildman–Crippen MR) is 78.2 cm³/mol. The lowest BCUT2D eigenvalue weighted by molar-refractivity contribution is 0.00578. The first-order valence-corrected chi connectivity index (χ1v) is 6.90. The van der Waals surface area contributed by atoms with Crippen molar-refractivity contribution < 1.29 is 18.4 Å². The van der Waals surface area contributed by atoms with Crippen LogP contribution in [-0.2, 0) is 9.31 Å². The molecule has 1 aliphatic rings. The Kier molecular flexibility index (Phi) is 4.20. The smallest absolute Gasteiger partial charge is 0.476 e. The highest BCUT2D eigenvalue weighted by atomic mass is 35.5. The van der Waals surface area contributed by atoms with Crippen LogP contribution in [0.2, 0.25) is 5.02 Å². The van der Waals surface area contributed by atoms with Gasteiger partial charge in [-0.1, -0.05) is 11.6 Å². The highest BCUT2D eigenvalue weighted by Gasteiger charge is 2.52. The molecule has 1 aromatic carbocycles. The van der Waals surface area contributed by atoms with Crippen LogP contribution in [0.4, 0.5) is 4.39 Å². The third kappa shape index (κ3) is 3.00. The first-order chi connectivity index (χ1) is 9.68. The summed E-state index contributed by atoms with van der Waals surface area (Å²) in [5.41, 5.74) is -0.668. The summed E-state index contributed by atoms with van der Waals surface area (Å²) in [5, 5.41) is 8.73. The average Bonchev–Trinajstić information content (AvgIpc) is 2.59. The molecule has 0 N–H and O–H groups in total. The van der Waals surface area contributed by atoms with E-state index in [1.54, 1.807) is 6.07 Å². The molecule has 112 valence electrons. The van der Waals surface area contributed by atoms with E-state index in [2.05, 4.69) is 0 Å². The van der Waals surface area contributed by atoms with E-state index >= 15 is 0 Å². The van der Waals surface area contributed by atoms with Crippen LogP contribution in [0.15, 0.2) is 12.1 Å². The van der Waals surface area contributed by atoms with Gasteiger partial charge in [0.25, 0.3) is 0 Å². The lowest BCUT2D eigenvalue weighted by Gasteiger charge is -2.32. The quantitative estimate of drug-likeness (QED) is 0.805. The maximum absolute atomic E-state index is 14.0. The Hall–Kier alpha value is -1.29. The summed E-state index contributed by atoms with van der Waals surface area (Å²) in [5.74, 6) is -0.679. The molecule has 0 amide bonds. The summed E-state index contributed by atoms with van der Waals surface area (Å²) in [6.07, 6.45) is 0. The van der Waals surface area contributed by atoms with Crippen molar-refractivity contribution in [3.8, 4) is 11.8 Å². The molecule has 7 heteroatoms. The molecule has 1 saturated heterocycles. The van der Waals surface area contributed by atoms with Gasteiger partial charge < -0.3 is 14.0 Å². The molecule has 0 saturated carbocycles. The van der Waals surface area contributed by atoms with Gasteiger partial charge in [0.1, 0.15) is 6.07 Å². The van der Waals surface area contributed by atoms with Gasteiger partial charge in [-0.15, -0.1) is 0 Å². The van der Waals surface area contributed by atoms with Crippen molar-refractivity contribution in [3.05, 3.63) is 23.0 Å². The number of rotatable bonds is 3. The Morgan fingerprint density at radius 2 is 1.86 bits per heavy atom. The Balaban J connectivity index is 2.31. The molecule has 1 fully saturated rings. The molecule has 0 aliphatic carbocycles. The van der Waals surface area contributed by atoms with E-state index in [0.717, 1.165) is 0 Å². The summed E-state index contributed by atoms with van der Waals surface area (Å²) >= 11 is 6.16. The van der Waals surface area contributed by atoms with E-state index in [-0.39, 0.29) is 17.4 Å². The fourth-order valence-electron chi connectivity index (χ4n) is 1.92. The zero-order valence-electron chi connectivity index (χ0n) is 12.4. The van der Waals surface area contributed by atoms with Gasteiger partial charge in [0.15, 0.2) is 18.2 Å². The fraction of sp³-hybridized carbons (Fsp3) is 0.500. The Morgan fingerprint density at radius 3 is 2.38 bits per heavy atom. The monoisotopic (exact) mass is 311 g/mol. The standard InChI is InChI=1S/C14H16BClFNO3/c1-13(2)14(3,4)21-15(20-13)9-7-11(17)12(8-10(9)16)19-6-5-18/h7-8H,6H2,1-4H3. The number of nitriles is 1. The van der Waals surface area contributed by atoms with Gasteiger partial charge >= 0.3 is 7.12 Å². The maximum Gasteiger partial charge on any atom is 0.496 e. The van der Waals surface area contributed by atoms with Gasteiger partial charge in [0.2, 0.25) is 0 Å². The van der Waals surface area contributed by atoms with Crippen LogP contribution >= 0.6 is 11.6 Å². The van der Waals surface area contributed by atoms with E-state index in [0.29, 0.717) is 5.46 Å². The number of ether oxygens (including phenoxy) is 1. The number of benzene rings is 1. The summed E-state index contributed by atoms with van der Waals surface area (Å²) in [6, 6.07) is 4.32.